The van der Waals surface area contributed by atoms with Crippen LogP contribution < -0.4 is 0 Å². The molecule has 7 heteroatoms. The van der Waals surface area contributed by atoms with Crippen LogP contribution in [0.15, 0.2) is 11.6 Å². The molecule has 2 fully saturated rings. The van der Waals surface area contributed by atoms with Crippen LogP contribution in [0, 0.1) is 5.41 Å². The number of hydrogen-bond donors (Lipinski definition) is 2. The van der Waals surface area contributed by atoms with Crippen LogP contribution in [-0.2, 0) is 19.1 Å². The maximum atomic E-state index is 12.7. The summed E-state index contributed by atoms with van der Waals surface area (Å²) in [5.41, 5.74) is -3.77. The van der Waals surface area contributed by atoms with Gasteiger partial charge in [-0.3, -0.25) is 9.69 Å². The Bertz CT molecular complexity index is 629. The Morgan fingerprint density at radius 2 is 2.12 bits per heavy atom. The molecule has 0 aromatic carbocycles. The van der Waals surface area contributed by atoms with E-state index in [1.165, 1.54) is 13.8 Å². The Labute approximate surface area is 147 Å². The van der Waals surface area contributed by atoms with Crippen LogP contribution in [0.2, 0.25) is 0 Å². The van der Waals surface area contributed by atoms with Gasteiger partial charge in [-0.15, -0.1) is 0 Å². The number of rotatable bonds is 4. The summed E-state index contributed by atoms with van der Waals surface area (Å²) in [5, 5.41) is 21.0. The second-order valence-electron chi connectivity index (χ2n) is 7.83. The molecule has 25 heavy (non-hydrogen) atoms. The summed E-state index contributed by atoms with van der Waals surface area (Å²) in [4.78, 5) is 27.1. The molecule has 0 amide bonds. The van der Waals surface area contributed by atoms with Gasteiger partial charge in [0.15, 0.2) is 0 Å². The molecule has 2 N–H and O–H groups in total. The highest BCUT2D eigenvalue weighted by molar-refractivity contribution is 5.92. The third-order valence-corrected chi connectivity index (χ3v) is 6.66. The first-order valence-corrected chi connectivity index (χ1v) is 8.82. The van der Waals surface area contributed by atoms with Crippen molar-refractivity contribution in [2.24, 2.45) is 5.41 Å². The average Bonchev–Trinajstić information content (AvgIpc) is 3.17. The molecule has 0 aromatic rings. The molecule has 0 aliphatic carbocycles. The third kappa shape index (κ3) is 2.36. The molecular formula is C18H27NO6. The van der Waals surface area contributed by atoms with Crippen molar-refractivity contribution in [3.8, 4) is 0 Å². The lowest BCUT2D eigenvalue weighted by atomic mass is 9.67. The lowest BCUT2D eigenvalue weighted by Crippen LogP contribution is -2.59. The Morgan fingerprint density at radius 1 is 1.44 bits per heavy atom. The normalized spacial score (nSPS) is 43.8. The summed E-state index contributed by atoms with van der Waals surface area (Å²) in [6.45, 7) is 7.77. The minimum Gasteiger partial charge on any atom is -0.458 e. The number of fused-ring (bicyclic) bond motifs is 1. The van der Waals surface area contributed by atoms with Gasteiger partial charge in [0.25, 0.3) is 0 Å². The monoisotopic (exact) mass is 353 g/mol. The highest BCUT2D eigenvalue weighted by Crippen LogP contribution is 2.51. The van der Waals surface area contributed by atoms with Gasteiger partial charge in [0.1, 0.15) is 12.2 Å². The highest BCUT2D eigenvalue weighted by atomic mass is 16.6. The third-order valence-electron chi connectivity index (χ3n) is 6.66. The molecule has 0 radical (unpaired) electrons. The number of hydrogen-bond acceptors (Lipinski definition) is 7. The zero-order valence-corrected chi connectivity index (χ0v) is 15.2. The van der Waals surface area contributed by atoms with Gasteiger partial charge < -0.3 is 19.7 Å². The van der Waals surface area contributed by atoms with Crippen LogP contribution in [-0.4, -0.2) is 70.1 Å². The van der Waals surface area contributed by atoms with E-state index in [2.05, 4.69) is 4.90 Å². The molecule has 7 nitrogen and oxygen atoms in total. The number of nitrogens with zero attached hydrogens (tertiary/aromatic N) is 1. The van der Waals surface area contributed by atoms with Gasteiger partial charge in [0, 0.05) is 13.1 Å². The molecule has 0 saturated carbocycles. The smallest absolute Gasteiger partial charge is 0.353 e. The van der Waals surface area contributed by atoms with E-state index in [0.29, 0.717) is 12.8 Å². The predicted molar refractivity (Wildman–Crippen MR) is 88.5 cm³/mol. The fourth-order valence-electron chi connectivity index (χ4n) is 4.16. The van der Waals surface area contributed by atoms with E-state index in [9.17, 15) is 19.8 Å². The Balaban J connectivity index is 1.72. The predicted octanol–water partition coefficient (Wildman–Crippen LogP) is 0.388. The van der Waals surface area contributed by atoms with Crippen molar-refractivity contribution in [1.82, 2.24) is 4.90 Å². The van der Waals surface area contributed by atoms with E-state index >= 15 is 0 Å². The van der Waals surface area contributed by atoms with E-state index in [-0.39, 0.29) is 12.6 Å². The largest absolute Gasteiger partial charge is 0.458 e. The minimum absolute atomic E-state index is 0.0170. The maximum Gasteiger partial charge on any atom is 0.353 e. The Hall–Kier alpha value is -1.44. The van der Waals surface area contributed by atoms with Crippen LogP contribution in [0.1, 0.15) is 40.5 Å². The van der Waals surface area contributed by atoms with Crippen molar-refractivity contribution in [1.29, 1.82) is 0 Å². The summed E-state index contributed by atoms with van der Waals surface area (Å²) in [6, 6.07) is -0.117. The van der Waals surface area contributed by atoms with Gasteiger partial charge in [-0.1, -0.05) is 13.0 Å². The molecule has 3 aliphatic rings. The molecule has 3 rings (SSSR count). The zero-order valence-electron chi connectivity index (χ0n) is 15.2. The SMILES string of the molecule is CCC1(C)C(=O)OC(C)(C(=O)OCC2=CCN3CCC(O)C23)C1(C)O. The number of ether oxygens (including phenoxy) is 2. The van der Waals surface area contributed by atoms with Gasteiger partial charge in [-0.2, -0.15) is 0 Å². The average molecular weight is 353 g/mol. The van der Waals surface area contributed by atoms with E-state index in [0.717, 1.165) is 18.7 Å². The number of cyclic esters (lactones) is 1. The lowest BCUT2D eigenvalue weighted by Gasteiger charge is -2.38. The van der Waals surface area contributed by atoms with Gasteiger partial charge in [0.05, 0.1) is 17.6 Å². The van der Waals surface area contributed by atoms with Crippen molar-refractivity contribution >= 4 is 11.9 Å². The summed E-state index contributed by atoms with van der Waals surface area (Å²) in [6.07, 6.45) is 2.54. The molecule has 3 heterocycles. The first kappa shape index (κ1) is 18.4. The number of aliphatic hydroxyl groups is 2. The summed E-state index contributed by atoms with van der Waals surface area (Å²) < 4.78 is 10.7. The van der Waals surface area contributed by atoms with E-state index < -0.39 is 34.7 Å². The molecule has 0 spiro atoms. The second kappa shape index (κ2) is 5.79. The highest BCUT2D eigenvalue weighted by Gasteiger charge is 2.71. The fraction of sp³-hybridized carbons (Fsp3) is 0.778. The number of carbonyl (C=O) groups excluding carboxylic acids is 2. The molecule has 5 unspecified atom stereocenters. The molecule has 0 bridgehead atoms. The van der Waals surface area contributed by atoms with Gasteiger partial charge in [-0.25, -0.2) is 4.79 Å². The van der Waals surface area contributed by atoms with Crippen LogP contribution in [0.3, 0.4) is 0 Å². The van der Waals surface area contributed by atoms with E-state index in [1.807, 2.05) is 6.08 Å². The van der Waals surface area contributed by atoms with Crippen molar-refractivity contribution in [2.45, 2.75) is 63.9 Å². The number of esters is 2. The standard InChI is InChI=1S/C18H27NO6/c1-5-16(2)14(21)25-17(3,18(16,4)23)15(22)24-10-11-6-8-19-9-7-12(20)13(11)19/h6,12-13,20,23H,5,7-10H2,1-4H3. The molecule has 2 saturated heterocycles. The first-order valence-electron chi connectivity index (χ1n) is 8.82. The zero-order chi connectivity index (χ0) is 18.6. The molecule has 140 valence electrons. The summed E-state index contributed by atoms with van der Waals surface area (Å²) in [5.74, 6) is -1.37. The van der Waals surface area contributed by atoms with Gasteiger partial charge >= 0.3 is 11.9 Å². The van der Waals surface area contributed by atoms with Crippen LogP contribution in [0.5, 0.6) is 0 Å². The Kier molecular flexibility index (Phi) is 4.25. The molecule has 3 aliphatic heterocycles. The fourth-order valence-corrected chi connectivity index (χ4v) is 4.16. The first-order chi connectivity index (χ1) is 11.6. The minimum atomic E-state index is -1.76. The summed E-state index contributed by atoms with van der Waals surface area (Å²) >= 11 is 0. The topological polar surface area (TPSA) is 96.3 Å². The Morgan fingerprint density at radius 3 is 2.72 bits per heavy atom. The van der Waals surface area contributed by atoms with Crippen molar-refractivity contribution < 1.29 is 29.3 Å². The number of aliphatic hydroxyl groups excluding tert-OH is 1. The molecular weight excluding hydrogens is 326 g/mol. The summed E-state index contributed by atoms with van der Waals surface area (Å²) in [7, 11) is 0. The lowest BCUT2D eigenvalue weighted by molar-refractivity contribution is -0.188. The number of carbonyl (C=O) groups is 2. The van der Waals surface area contributed by atoms with E-state index in [4.69, 9.17) is 9.47 Å². The van der Waals surface area contributed by atoms with Crippen molar-refractivity contribution in [2.75, 3.05) is 19.7 Å². The van der Waals surface area contributed by atoms with Crippen molar-refractivity contribution in [3.63, 3.8) is 0 Å². The quantitative estimate of drug-likeness (QED) is 0.557. The van der Waals surface area contributed by atoms with Crippen LogP contribution >= 0.6 is 0 Å². The van der Waals surface area contributed by atoms with E-state index in [1.54, 1.807) is 13.8 Å². The van der Waals surface area contributed by atoms with Crippen LogP contribution in [0.4, 0.5) is 0 Å². The van der Waals surface area contributed by atoms with Crippen LogP contribution in [0.25, 0.3) is 0 Å². The van der Waals surface area contributed by atoms with Gasteiger partial charge in [0.2, 0.25) is 5.60 Å². The molecule has 0 aromatic heterocycles. The van der Waals surface area contributed by atoms with Gasteiger partial charge in [-0.05, 0) is 39.2 Å². The maximum absolute atomic E-state index is 12.7. The van der Waals surface area contributed by atoms with Crippen molar-refractivity contribution in [3.05, 3.63) is 11.6 Å². The second-order valence-corrected chi connectivity index (χ2v) is 7.83. The molecule has 5 atom stereocenters.